The van der Waals surface area contributed by atoms with E-state index in [-0.39, 0.29) is 37.0 Å². The number of hydrogen-bond acceptors (Lipinski definition) is 6. The molecule has 0 aliphatic rings. The van der Waals surface area contributed by atoms with Gasteiger partial charge in [0.15, 0.2) is 5.78 Å². The van der Waals surface area contributed by atoms with Crippen molar-refractivity contribution in [3.05, 3.63) is 0 Å². The van der Waals surface area contributed by atoms with Gasteiger partial charge in [-0.25, -0.2) is 0 Å². The molecule has 150 valence electrons. The summed E-state index contributed by atoms with van der Waals surface area (Å²) in [4.78, 5) is 49.0. The largest absolute Gasteiger partial charge is 0.469 e. The SMILES string of the molecule is CCCCCCC(=O)N(CCC(=O)OC)C(CCCC(=O)OC)C(C)=O. The van der Waals surface area contributed by atoms with Gasteiger partial charge >= 0.3 is 11.9 Å². The van der Waals surface area contributed by atoms with Crippen molar-refractivity contribution >= 4 is 23.6 Å². The molecule has 0 heterocycles. The van der Waals surface area contributed by atoms with Crippen molar-refractivity contribution < 1.29 is 28.7 Å². The molecular weight excluding hydrogens is 338 g/mol. The number of Topliss-reactive ketones (excluding diaryl/α,β-unsaturated/α-hetero) is 1. The van der Waals surface area contributed by atoms with E-state index in [9.17, 15) is 19.2 Å². The third-order valence-electron chi connectivity index (χ3n) is 4.28. The maximum atomic E-state index is 12.6. The van der Waals surface area contributed by atoms with Crippen molar-refractivity contribution in [2.24, 2.45) is 0 Å². The number of amides is 1. The Kier molecular flexibility index (Phi) is 13.2. The predicted octanol–water partition coefficient (Wildman–Crippen LogP) is 2.65. The molecule has 0 saturated heterocycles. The number of hydrogen-bond donors (Lipinski definition) is 0. The van der Waals surface area contributed by atoms with Crippen LogP contribution in [0.25, 0.3) is 0 Å². The van der Waals surface area contributed by atoms with Crippen molar-refractivity contribution in [1.82, 2.24) is 4.90 Å². The molecule has 1 atom stereocenters. The van der Waals surface area contributed by atoms with Gasteiger partial charge < -0.3 is 14.4 Å². The average molecular weight is 371 g/mol. The second kappa shape index (κ2) is 14.3. The maximum Gasteiger partial charge on any atom is 0.307 e. The van der Waals surface area contributed by atoms with Gasteiger partial charge in [0, 0.05) is 19.4 Å². The fraction of sp³-hybridized carbons (Fsp3) is 0.789. The van der Waals surface area contributed by atoms with E-state index in [2.05, 4.69) is 16.4 Å². The highest BCUT2D eigenvalue weighted by Gasteiger charge is 2.27. The van der Waals surface area contributed by atoms with Crippen LogP contribution in [0, 0.1) is 0 Å². The van der Waals surface area contributed by atoms with Gasteiger partial charge in [-0.05, 0) is 26.2 Å². The molecule has 0 radical (unpaired) electrons. The lowest BCUT2D eigenvalue weighted by molar-refractivity contribution is -0.144. The first kappa shape index (κ1) is 24.1. The van der Waals surface area contributed by atoms with E-state index in [0.29, 0.717) is 19.3 Å². The van der Waals surface area contributed by atoms with Crippen molar-refractivity contribution in [2.75, 3.05) is 20.8 Å². The Hall–Kier alpha value is -1.92. The second-order valence-electron chi connectivity index (χ2n) is 6.32. The molecule has 0 rings (SSSR count). The highest BCUT2D eigenvalue weighted by Crippen LogP contribution is 2.15. The molecule has 7 heteroatoms. The molecule has 1 amide bonds. The zero-order valence-electron chi connectivity index (χ0n) is 16.5. The number of carbonyl (C=O) groups is 4. The quantitative estimate of drug-likeness (QED) is 0.344. The Morgan fingerprint density at radius 3 is 2.00 bits per heavy atom. The van der Waals surface area contributed by atoms with Crippen LogP contribution in [-0.2, 0) is 28.7 Å². The molecule has 0 aromatic rings. The summed E-state index contributed by atoms with van der Waals surface area (Å²) in [6, 6.07) is -0.636. The number of rotatable bonds is 14. The average Bonchev–Trinajstić information content (AvgIpc) is 2.62. The smallest absolute Gasteiger partial charge is 0.307 e. The summed E-state index contributed by atoms with van der Waals surface area (Å²) in [5, 5.41) is 0. The summed E-state index contributed by atoms with van der Waals surface area (Å²) in [6.07, 6.45) is 5.24. The first-order valence-corrected chi connectivity index (χ1v) is 9.30. The van der Waals surface area contributed by atoms with Gasteiger partial charge in [-0.2, -0.15) is 0 Å². The highest BCUT2D eigenvalue weighted by atomic mass is 16.5. The van der Waals surface area contributed by atoms with Crippen LogP contribution in [0.4, 0.5) is 0 Å². The van der Waals surface area contributed by atoms with Gasteiger partial charge in [0.1, 0.15) is 0 Å². The third kappa shape index (κ3) is 10.2. The molecule has 26 heavy (non-hydrogen) atoms. The molecule has 0 aliphatic carbocycles. The number of unbranched alkanes of at least 4 members (excludes halogenated alkanes) is 3. The van der Waals surface area contributed by atoms with E-state index in [1.165, 1.54) is 26.0 Å². The van der Waals surface area contributed by atoms with Gasteiger partial charge in [-0.3, -0.25) is 19.2 Å². The Labute approximate surface area is 156 Å². The monoisotopic (exact) mass is 371 g/mol. The first-order valence-electron chi connectivity index (χ1n) is 9.30. The molecule has 0 aliphatic heterocycles. The summed E-state index contributed by atoms with van der Waals surface area (Å²) < 4.78 is 9.24. The van der Waals surface area contributed by atoms with Gasteiger partial charge in [-0.15, -0.1) is 0 Å². The predicted molar refractivity (Wildman–Crippen MR) is 97.4 cm³/mol. The molecule has 0 bridgehead atoms. The zero-order chi connectivity index (χ0) is 19.9. The van der Waals surface area contributed by atoms with Crippen molar-refractivity contribution in [3.8, 4) is 0 Å². The lowest BCUT2D eigenvalue weighted by atomic mass is 10.0. The molecule has 0 aromatic heterocycles. The Morgan fingerprint density at radius 2 is 1.46 bits per heavy atom. The van der Waals surface area contributed by atoms with E-state index in [4.69, 9.17) is 0 Å². The number of nitrogens with zero attached hydrogens (tertiary/aromatic N) is 1. The summed E-state index contributed by atoms with van der Waals surface area (Å²) in [7, 11) is 2.60. The number of methoxy groups -OCH3 is 2. The normalized spacial score (nSPS) is 11.5. The minimum absolute atomic E-state index is 0.0397. The minimum Gasteiger partial charge on any atom is -0.469 e. The molecular formula is C19H33NO6. The lowest BCUT2D eigenvalue weighted by Gasteiger charge is -2.30. The van der Waals surface area contributed by atoms with E-state index in [1.54, 1.807) is 0 Å². The first-order chi connectivity index (χ1) is 12.4. The Balaban J connectivity index is 4.95. The fourth-order valence-electron chi connectivity index (χ4n) is 2.74. The topological polar surface area (TPSA) is 90.0 Å². The highest BCUT2D eigenvalue weighted by molar-refractivity contribution is 5.87. The van der Waals surface area contributed by atoms with Crippen LogP contribution in [0.15, 0.2) is 0 Å². The van der Waals surface area contributed by atoms with Crippen molar-refractivity contribution in [1.29, 1.82) is 0 Å². The van der Waals surface area contributed by atoms with Gasteiger partial charge in [0.25, 0.3) is 0 Å². The lowest BCUT2D eigenvalue weighted by Crippen LogP contribution is -2.45. The molecule has 0 fully saturated rings. The van der Waals surface area contributed by atoms with Crippen molar-refractivity contribution in [2.45, 2.75) is 77.7 Å². The minimum atomic E-state index is -0.636. The number of ketones is 1. The summed E-state index contributed by atoms with van der Waals surface area (Å²) in [6.45, 7) is 3.66. The van der Waals surface area contributed by atoms with Crippen LogP contribution in [0.2, 0.25) is 0 Å². The fourth-order valence-corrected chi connectivity index (χ4v) is 2.74. The van der Waals surface area contributed by atoms with Crippen molar-refractivity contribution in [3.63, 3.8) is 0 Å². The van der Waals surface area contributed by atoms with Crippen LogP contribution in [0.1, 0.15) is 71.6 Å². The molecule has 0 N–H and O–H groups in total. The Bertz CT molecular complexity index is 463. The molecule has 0 spiro atoms. The molecule has 0 saturated carbocycles. The molecule has 7 nitrogen and oxygen atoms in total. The number of ether oxygens (including phenoxy) is 2. The van der Waals surface area contributed by atoms with Gasteiger partial charge in [-0.1, -0.05) is 26.2 Å². The van der Waals surface area contributed by atoms with Crippen LogP contribution >= 0.6 is 0 Å². The standard InChI is InChI=1S/C19H33NO6/c1-5-6-7-8-11-17(22)20(14-13-19(24)26-4)16(15(2)21)10-9-12-18(23)25-3/h16H,5-14H2,1-4H3. The van der Waals surface area contributed by atoms with Crippen LogP contribution in [0.5, 0.6) is 0 Å². The van der Waals surface area contributed by atoms with Gasteiger partial charge in [0.05, 0.1) is 26.7 Å². The van der Waals surface area contributed by atoms with E-state index >= 15 is 0 Å². The second-order valence-corrected chi connectivity index (χ2v) is 6.32. The van der Waals surface area contributed by atoms with Crippen LogP contribution in [-0.4, -0.2) is 55.3 Å². The zero-order valence-corrected chi connectivity index (χ0v) is 16.5. The Morgan fingerprint density at radius 1 is 0.846 bits per heavy atom. The summed E-state index contributed by atoms with van der Waals surface area (Å²) in [5.41, 5.74) is 0. The number of esters is 2. The third-order valence-corrected chi connectivity index (χ3v) is 4.28. The van der Waals surface area contributed by atoms with E-state index in [1.807, 2.05) is 0 Å². The van der Waals surface area contributed by atoms with Crippen LogP contribution < -0.4 is 0 Å². The summed E-state index contributed by atoms with van der Waals surface area (Å²) in [5.74, 6) is -1.06. The van der Waals surface area contributed by atoms with E-state index in [0.717, 1.165) is 25.7 Å². The molecule has 1 unspecified atom stereocenters. The number of carbonyl (C=O) groups excluding carboxylic acids is 4. The summed E-state index contributed by atoms with van der Waals surface area (Å²) >= 11 is 0. The van der Waals surface area contributed by atoms with E-state index < -0.39 is 12.0 Å². The van der Waals surface area contributed by atoms with Crippen LogP contribution in [0.3, 0.4) is 0 Å². The molecule has 0 aromatic carbocycles. The maximum absolute atomic E-state index is 12.6. The van der Waals surface area contributed by atoms with Gasteiger partial charge in [0.2, 0.25) is 5.91 Å².